The Morgan fingerprint density at radius 3 is 2.67 bits per heavy atom. The molecule has 1 saturated carbocycles. The average molecular weight is 212 g/mol. The van der Waals surface area contributed by atoms with Gasteiger partial charge in [-0.05, 0) is 25.7 Å². The zero-order chi connectivity index (χ0) is 10.8. The molecule has 1 heterocycles. The summed E-state index contributed by atoms with van der Waals surface area (Å²) in [6.07, 6.45) is 4.73. The first-order valence-electron chi connectivity index (χ1n) is 5.08. The highest BCUT2D eigenvalue weighted by atomic mass is 19.1. The van der Waals surface area contributed by atoms with Crippen LogP contribution in [0.3, 0.4) is 0 Å². The summed E-state index contributed by atoms with van der Waals surface area (Å²) in [6.45, 7) is 0. The number of aromatic carboxylic acids is 1. The first-order valence-corrected chi connectivity index (χ1v) is 5.08. The van der Waals surface area contributed by atoms with Gasteiger partial charge in [-0.15, -0.1) is 0 Å². The zero-order valence-corrected chi connectivity index (χ0v) is 8.27. The van der Waals surface area contributed by atoms with Gasteiger partial charge in [-0.3, -0.25) is 4.68 Å². The van der Waals surface area contributed by atoms with E-state index >= 15 is 0 Å². The molecule has 1 fully saturated rings. The van der Waals surface area contributed by atoms with Crippen LogP contribution < -0.4 is 0 Å². The Hall–Kier alpha value is -1.39. The average Bonchev–Trinajstić information content (AvgIpc) is 2.68. The molecule has 0 bridgehead atoms. The summed E-state index contributed by atoms with van der Waals surface area (Å²) in [5, 5.41) is 12.7. The molecule has 0 amide bonds. The molecule has 0 radical (unpaired) electrons. The SMILES string of the molecule is O=C(O)c1cnn(C2CCC(F)CC2)c1. The number of nitrogens with zero attached hydrogens (tertiary/aromatic N) is 2. The van der Waals surface area contributed by atoms with Gasteiger partial charge in [0.2, 0.25) is 0 Å². The minimum absolute atomic E-state index is 0.157. The fraction of sp³-hybridized carbons (Fsp3) is 0.600. The van der Waals surface area contributed by atoms with Crippen LogP contribution in [0.15, 0.2) is 12.4 Å². The van der Waals surface area contributed by atoms with Crippen molar-refractivity contribution < 1.29 is 14.3 Å². The number of rotatable bonds is 2. The largest absolute Gasteiger partial charge is 0.478 e. The van der Waals surface area contributed by atoms with E-state index in [1.165, 1.54) is 12.4 Å². The molecular weight excluding hydrogens is 199 g/mol. The van der Waals surface area contributed by atoms with Crippen molar-refractivity contribution in [2.45, 2.75) is 37.9 Å². The number of carboxylic acid groups (broad SMARTS) is 1. The second kappa shape index (κ2) is 4.00. The summed E-state index contributed by atoms with van der Waals surface area (Å²) in [6, 6.07) is 0.157. The van der Waals surface area contributed by atoms with Crippen molar-refractivity contribution in [3.8, 4) is 0 Å². The molecule has 0 unspecified atom stereocenters. The van der Waals surface area contributed by atoms with Crippen LogP contribution in [0.4, 0.5) is 4.39 Å². The number of carboxylic acids is 1. The van der Waals surface area contributed by atoms with Crippen LogP contribution in [0, 0.1) is 0 Å². The Balaban J connectivity index is 2.06. The number of hydrogen-bond acceptors (Lipinski definition) is 2. The Bertz CT molecular complexity index is 356. The number of halogens is 1. The van der Waals surface area contributed by atoms with Crippen molar-refractivity contribution >= 4 is 5.97 Å². The second-order valence-electron chi connectivity index (χ2n) is 3.92. The molecule has 2 rings (SSSR count). The van der Waals surface area contributed by atoms with E-state index in [0.717, 1.165) is 12.8 Å². The molecule has 1 aromatic rings. The fourth-order valence-corrected chi connectivity index (χ4v) is 1.95. The molecule has 1 aromatic heterocycles. The highest BCUT2D eigenvalue weighted by molar-refractivity contribution is 5.86. The summed E-state index contributed by atoms with van der Waals surface area (Å²) >= 11 is 0. The van der Waals surface area contributed by atoms with Crippen LogP contribution >= 0.6 is 0 Å². The van der Waals surface area contributed by atoms with Crippen molar-refractivity contribution in [1.29, 1.82) is 0 Å². The first-order chi connectivity index (χ1) is 7.16. The van der Waals surface area contributed by atoms with Crippen LogP contribution in [0.5, 0.6) is 0 Å². The van der Waals surface area contributed by atoms with Gasteiger partial charge in [0.25, 0.3) is 0 Å². The molecule has 0 atom stereocenters. The first kappa shape index (κ1) is 10.1. The molecule has 1 N–H and O–H groups in total. The van der Waals surface area contributed by atoms with E-state index in [1.54, 1.807) is 4.68 Å². The zero-order valence-electron chi connectivity index (χ0n) is 8.27. The number of alkyl halides is 1. The molecular formula is C10H13FN2O2. The minimum atomic E-state index is -0.972. The monoisotopic (exact) mass is 212 g/mol. The lowest BCUT2D eigenvalue weighted by molar-refractivity contribution is 0.0696. The molecule has 0 spiro atoms. The summed E-state index contributed by atoms with van der Waals surface area (Å²) in [5.74, 6) is -0.972. The lowest BCUT2D eigenvalue weighted by Crippen LogP contribution is -2.19. The van der Waals surface area contributed by atoms with Crippen molar-refractivity contribution in [1.82, 2.24) is 9.78 Å². The summed E-state index contributed by atoms with van der Waals surface area (Å²) in [7, 11) is 0. The van der Waals surface area contributed by atoms with Gasteiger partial charge >= 0.3 is 5.97 Å². The third-order valence-electron chi connectivity index (χ3n) is 2.85. The quantitative estimate of drug-likeness (QED) is 0.816. The molecule has 82 valence electrons. The molecule has 1 aliphatic carbocycles. The minimum Gasteiger partial charge on any atom is -0.478 e. The van der Waals surface area contributed by atoms with Gasteiger partial charge in [0.05, 0.1) is 17.8 Å². The summed E-state index contributed by atoms with van der Waals surface area (Å²) in [4.78, 5) is 10.6. The second-order valence-corrected chi connectivity index (χ2v) is 3.92. The highest BCUT2D eigenvalue weighted by Crippen LogP contribution is 2.29. The van der Waals surface area contributed by atoms with Crippen LogP contribution in [-0.4, -0.2) is 27.0 Å². The lowest BCUT2D eigenvalue weighted by Gasteiger charge is -2.24. The number of hydrogen-bond donors (Lipinski definition) is 1. The maximum atomic E-state index is 12.9. The van der Waals surface area contributed by atoms with E-state index in [2.05, 4.69) is 5.10 Å². The molecule has 0 aliphatic heterocycles. The van der Waals surface area contributed by atoms with E-state index in [1.807, 2.05) is 0 Å². The van der Waals surface area contributed by atoms with Gasteiger partial charge < -0.3 is 5.11 Å². The van der Waals surface area contributed by atoms with Crippen molar-refractivity contribution in [3.05, 3.63) is 18.0 Å². The highest BCUT2D eigenvalue weighted by Gasteiger charge is 2.22. The molecule has 15 heavy (non-hydrogen) atoms. The maximum Gasteiger partial charge on any atom is 0.338 e. The summed E-state index contributed by atoms with van der Waals surface area (Å²) in [5.41, 5.74) is 0.192. The van der Waals surface area contributed by atoms with Gasteiger partial charge in [-0.25, -0.2) is 9.18 Å². The molecule has 0 saturated heterocycles. The van der Waals surface area contributed by atoms with Gasteiger partial charge in [0, 0.05) is 6.20 Å². The molecule has 0 aromatic carbocycles. The smallest absolute Gasteiger partial charge is 0.338 e. The van der Waals surface area contributed by atoms with Gasteiger partial charge in [0.15, 0.2) is 0 Å². The lowest BCUT2D eigenvalue weighted by atomic mass is 9.94. The number of carbonyl (C=O) groups is 1. The van der Waals surface area contributed by atoms with Crippen molar-refractivity contribution in [2.24, 2.45) is 0 Å². The fourth-order valence-electron chi connectivity index (χ4n) is 1.95. The normalized spacial score (nSPS) is 26.5. The topological polar surface area (TPSA) is 55.1 Å². The maximum absolute atomic E-state index is 12.9. The van der Waals surface area contributed by atoms with E-state index in [-0.39, 0.29) is 11.6 Å². The Kier molecular flexibility index (Phi) is 2.70. The molecule has 5 heteroatoms. The Morgan fingerprint density at radius 2 is 2.13 bits per heavy atom. The van der Waals surface area contributed by atoms with Crippen molar-refractivity contribution in [3.63, 3.8) is 0 Å². The van der Waals surface area contributed by atoms with Gasteiger partial charge in [-0.1, -0.05) is 0 Å². The molecule has 1 aliphatic rings. The van der Waals surface area contributed by atoms with Crippen molar-refractivity contribution in [2.75, 3.05) is 0 Å². The van der Waals surface area contributed by atoms with E-state index in [9.17, 15) is 9.18 Å². The van der Waals surface area contributed by atoms with Gasteiger partial charge in [-0.2, -0.15) is 5.10 Å². The van der Waals surface area contributed by atoms with Crippen LogP contribution in [0.1, 0.15) is 42.1 Å². The standard InChI is InChI=1S/C10H13FN2O2/c11-8-1-3-9(4-2-8)13-6-7(5-12-13)10(14)15/h5-6,8-9H,1-4H2,(H,14,15). The predicted octanol–water partition coefficient (Wildman–Crippen LogP) is 2.03. The third kappa shape index (κ3) is 2.16. The van der Waals surface area contributed by atoms with Crippen LogP contribution in [0.25, 0.3) is 0 Å². The van der Waals surface area contributed by atoms with Crippen LogP contribution in [-0.2, 0) is 0 Å². The van der Waals surface area contributed by atoms with E-state index in [0.29, 0.717) is 12.8 Å². The third-order valence-corrected chi connectivity index (χ3v) is 2.85. The molecule has 4 nitrogen and oxygen atoms in total. The van der Waals surface area contributed by atoms with Gasteiger partial charge in [0.1, 0.15) is 6.17 Å². The predicted molar refractivity (Wildman–Crippen MR) is 51.6 cm³/mol. The number of aromatic nitrogens is 2. The van der Waals surface area contributed by atoms with E-state index in [4.69, 9.17) is 5.11 Å². The Morgan fingerprint density at radius 1 is 1.47 bits per heavy atom. The van der Waals surface area contributed by atoms with E-state index < -0.39 is 12.1 Å². The summed E-state index contributed by atoms with van der Waals surface area (Å²) < 4.78 is 14.5. The Labute approximate surface area is 86.7 Å². The van der Waals surface area contributed by atoms with Crippen LogP contribution in [0.2, 0.25) is 0 Å².